The van der Waals surface area contributed by atoms with Crippen molar-refractivity contribution in [2.45, 2.75) is 18.9 Å². The third-order valence-corrected chi connectivity index (χ3v) is 4.19. The maximum atomic E-state index is 11.8. The van der Waals surface area contributed by atoms with Crippen molar-refractivity contribution >= 4 is 15.9 Å². The predicted octanol–water partition coefficient (Wildman–Crippen LogP) is -0.239. The van der Waals surface area contributed by atoms with Crippen LogP contribution in [0.5, 0.6) is 0 Å². The highest BCUT2D eigenvalue weighted by atomic mass is 32.2. The van der Waals surface area contributed by atoms with E-state index in [0.717, 1.165) is 19.4 Å². The van der Waals surface area contributed by atoms with E-state index in [4.69, 9.17) is 0 Å². The van der Waals surface area contributed by atoms with Crippen LogP contribution in [0.2, 0.25) is 0 Å². The van der Waals surface area contributed by atoms with Crippen molar-refractivity contribution in [3.05, 3.63) is 12.4 Å². The molecule has 1 aromatic heterocycles. The first-order valence-corrected chi connectivity index (χ1v) is 7.41. The van der Waals surface area contributed by atoms with E-state index in [-0.39, 0.29) is 6.04 Å². The van der Waals surface area contributed by atoms with Gasteiger partial charge in [-0.1, -0.05) is 0 Å². The molecule has 1 atom stereocenters. The lowest BCUT2D eigenvalue weighted by atomic mass is 10.2. The molecule has 0 unspecified atom stereocenters. The summed E-state index contributed by atoms with van der Waals surface area (Å²) in [6, 6.07) is 0.287. The summed E-state index contributed by atoms with van der Waals surface area (Å²) < 4.78 is 30.1. The zero-order valence-electron chi connectivity index (χ0n) is 10.6. The third kappa shape index (κ3) is 3.44. The first kappa shape index (κ1) is 13.3. The SMILES string of the molecule is CN1CCC[C@H]1CNS(=O)(=O)Nc1cnn(C)c1. The monoisotopic (exact) mass is 273 g/mol. The summed E-state index contributed by atoms with van der Waals surface area (Å²) >= 11 is 0. The molecule has 0 saturated carbocycles. The Balaban J connectivity index is 1.87. The molecule has 2 N–H and O–H groups in total. The van der Waals surface area contributed by atoms with Crippen LogP contribution in [0, 0.1) is 0 Å². The van der Waals surface area contributed by atoms with Gasteiger partial charge in [-0.3, -0.25) is 9.40 Å². The fraction of sp³-hybridized carbons (Fsp3) is 0.700. The van der Waals surface area contributed by atoms with E-state index < -0.39 is 10.2 Å². The van der Waals surface area contributed by atoms with Crippen molar-refractivity contribution in [3.8, 4) is 0 Å². The third-order valence-electron chi connectivity index (χ3n) is 3.14. The van der Waals surface area contributed by atoms with E-state index in [2.05, 4.69) is 19.4 Å². The molecule has 0 aliphatic carbocycles. The molecule has 1 aliphatic heterocycles. The average molecular weight is 273 g/mol. The molecule has 18 heavy (non-hydrogen) atoms. The van der Waals surface area contributed by atoms with Gasteiger partial charge in [0.2, 0.25) is 0 Å². The summed E-state index contributed by atoms with van der Waals surface area (Å²) in [6.07, 6.45) is 5.24. The molecular weight excluding hydrogens is 254 g/mol. The second-order valence-corrected chi connectivity index (χ2v) is 6.13. The van der Waals surface area contributed by atoms with E-state index in [1.807, 2.05) is 7.05 Å². The van der Waals surface area contributed by atoms with Crippen molar-refractivity contribution in [1.29, 1.82) is 0 Å². The largest absolute Gasteiger partial charge is 0.302 e. The summed E-state index contributed by atoms with van der Waals surface area (Å²) in [4.78, 5) is 2.17. The minimum Gasteiger partial charge on any atom is -0.302 e. The highest BCUT2D eigenvalue weighted by Crippen LogP contribution is 2.14. The number of rotatable bonds is 5. The summed E-state index contributed by atoms with van der Waals surface area (Å²) in [5.41, 5.74) is 0.463. The van der Waals surface area contributed by atoms with Gasteiger partial charge in [0.1, 0.15) is 0 Å². The van der Waals surface area contributed by atoms with Crippen LogP contribution in [0.1, 0.15) is 12.8 Å². The Morgan fingerprint density at radius 3 is 2.83 bits per heavy atom. The Morgan fingerprint density at radius 2 is 2.28 bits per heavy atom. The molecule has 0 aromatic carbocycles. The van der Waals surface area contributed by atoms with E-state index in [1.54, 1.807) is 17.9 Å². The molecule has 0 amide bonds. The smallest absolute Gasteiger partial charge is 0.299 e. The van der Waals surface area contributed by atoms with Crippen molar-refractivity contribution in [3.63, 3.8) is 0 Å². The van der Waals surface area contributed by atoms with Gasteiger partial charge in [-0.05, 0) is 26.4 Å². The predicted molar refractivity (Wildman–Crippen MR) is 69.4 cm³/mol. The van der Waals surface area contributed by atoms with Gasteiger partial charge in [-0.2, -0.15) is 18.2 Å². The number of hydrogen-bond acceptors (Lipinski definition) is 4. The molecule has 1 aliphatic rings. The Bertz CT molecular complexity index is 498. The maximum Gasteiger partial charge on any atom is 0.299 e. The number of nitrogens with one attached hydrogen (secondary N) is 2. The molecule has 1 aromatic rings. The fourth-order valence-corrected chi connectivity index (χ4v) is 3.01. The van der Waals surface area contributed by atoms with Crippen LogP contribution >= 0.6 is 0 Å². The van der Waals surface area contributed by atoms with Crippen molar-refractivity contribution < 1.29 is 8.42 Å². The van der Waals surface area contributed by atoms with Crippen LogP contribution in [0.4, 0.5) is 5.69 Å². The minimum atomic E-state index is -3.51. The summed E-state index contributed by atoms with van der Waals surface area (Å²) in [5.74, 6) is 0. The van der Waals surface area contributed by atoms with Gasteiger partial charge in [0.25, 0.3) is 10.2 Å². The first-order valence-electron chi connectivity index (χ1n) is 5.92. The molecular formula is C10H19N5O2S. The van der Waals surface area contributed by atoms with Gasteiger partial charge >= 0.3 is 0 Å². The van der Waals surface area contributed by atoms with Gasteiger partial charge in [0.05, 0.1) is 11.9 Å². The van der Waals surface area contributed by atoms with E-state index in [1.165, 1.54) is 6.20 Å². The highest BCUT2D eigenvalue weighted by molar-refractivity contribution is 7.90. The summed E-state index contributed by atoms with van der Waals surface area (Å²) in [6.45, 7) is 1.47. The van der Waals surface area contributed by atoms with Gasteiger partial charge in [-0.15, -0.1) is 0 Å². The number of likely N-dealkylation sites (tertiary alicyclic amines) is 1. The topological polar surface area (TPSA) is 79.3 Å². The molecule has 102 valence electrons. The molecule has 1 saturated heterocycles. The lowest BCUT2D eigenvalue weighted by Crippen LogP contribution is -2.40. The molecule has 0 bridgehead atoms. The number of hydrogen-bond donors (Lipinski definition) is 2. The molecule has 2 rings (SSSR count). The molecule has 0 radical (unpaired) electrons. The molecule has 8 heteroatoms. The summed E-state index contributed by atoms with van der Waals surface area (Å²) in [7, 11) is 0.237. The molecule has 1 fully saturated rings. The normalized spacial score (nSPS) is 21.3. The molecule has 0 spiro atoms. The maximum absolute atomic E-state index is 11.8. The minimum absolute atomic E-state index is 0.287. The quantitative estimate of drug-likeness (QED) is 0.776. The number of aryl methyl sites for hydroxylation is 1. The van der Waals surface area contributed by atoms with E-state index >= 15 is 0 Å². The number of likely N-dealkylation sites (N-methyl/N-ethyl adjacent to an activating group) is 1. The summed E-state index contributed by atoms with van der Waals surface area (Å²) in [5, 5.41) is 3.90. The van der Waals surface area contributed by atoms with Crippen LogP contribution in [-0.2, 0) is 17.3 Å². The lowest BCUT2D eigenvalue weighted by molar-refractivity contribution is 0.311. The van der Waals surface area contributed by atoms with Crippen LogP contribution in [-0.4, -0.2) is 49.3 Å². The van der Waals surface area contributed by atoms with Crippen molar-refractivity contribution in [1.82, 2.24) is 19.4 Å². The zero-order valence-corrected chi connectivity index (χ0v) is 11.4. The second kappa shape index (κ2) is 5.25. The van der Waals surface area contributed by atoms with Crippen LogP contribution in [0.15, 0.2) is 12.4 Å². The van der Waals surface area contributed by atoms with Crippen molar-refractivity contribution in [2.24, 2.45) is 7.05 Å². The van der Waals surface area contributed by atoms with E-state index in [9.17, 15) is 8.42 Å². The fourth-order valence-electron chi connectivity index (χ4n) is 2.11. The first-order chi connectivity index (χ1) is 8.46. The molecule has 2 heterocycles. The van der Waals surface area contributed by atoms with E-state index in [0.29, 0.717) is 12.2 Å². The van der Waals surface area contributed by atoms with Crippen LogP contribution < -0.4 is 9.44 Å². The number of aromatic nitrogens is 2. The van der Waals surface area contributed by atoms with Gasteiger partial charge in [0.15, 0.2) is 0 Å². The van der Waals surface area contributed by atoms with Crippen LogP contribution in [0.3, 0.4) is 0 Å². The standard InChI is InChI=1S/C10H19N5O2S/c1-14-5-3-4-10(14)7-12-18(16,17)13-9-6-11-15(2)8-9/h6,8,10,12-13H,3-5,7H2,1-2H3/t10-/m0/s1. The number of anilines is 1. The van der Waals surface area contributed by atoms with Crippen LogP contribution in [0.25, 0.3) is 0 Å². The highest BCUT2D eigenvalue weighted by Gasteiger charge is 2.22. The Morgan fingerprint density at radius 1 is 1.50 bits per heavy atom. The van der Waals surface area contributed by atoms with Gasteiger partial charge < -0.3 is 4.90 Å². The Labute approximate surface area is 107 Å². The van der Waals surface area contributed by atoms with Gasteiger partial charge in [0, 0.05) is 25.8 Å². The van der Waals surface area contributed by atoms with Crippen molar-refractivity contribution in [2.75, 3.05) is 24.9 Å². The molecule has 7 nitrogen and oxygen atoms in total. The zero-order chi connectivity index (χ0) is 13.2. The Hall–Kier alpha value is -1.12. The lowest BCUT2D eigenvalue weighted by Gasteiger charge is -2.19. The Kier molecular flexibility index (Phi) is 3.88. The van der Waals surface area contributed by atoms with Gasteiger partial charge in [-0.25, -0.2) is 0 Å². The number of nitrogens with zero attached hydrogens (tertiary/aromatic N) is 3. The average Bonchev–Trinajstić information content (AvgIpc) is 2.85. The second-order valence-electron chi connectivity index (χ2n) is 4.63.